The predicted octanol–water partition coefficient (Wildman–Crippen LogP) is 3.79. The van der Waals surface area contributed by atoms with Crippen molar-refractivity contribution in [3.05, 3.63) is 40.9 Å². The van der Waals surface area contributed by atoms with Crippen molar-refractivity contribution in [2.24, 2.45) is 0 Å². The molecule has 0 unspecified atom stereocenters. The van der Waals surface area contributed by atoms with Crippen LogP contribution in [0, 0.1) is 0 Å². The van der Waals surface area contributed by atoms with E-state index in [9.17, 15) is 4.79 Å². The maximum Gasteiger partial charge on any atom is 0.255 e. The maximum atomic E-state index is 12.7. The molecule has 2 aliphatic heterocycles. The summed E-state index contributed by atoms with van der Waals surface area (Å²) in [6.07, 6.45) is 9.48. The van der Waals surface area contributed by atoms with Gasteiger partial charge in [-0.15, -0.1) is 0 Å². The molecule has 160 valence electrons. The molecule has 8 heteroatoms. The minimum Gasteiger partial charge on any atom is -0.366 e. The quantitative estimate of drug-likeness (QED) is 0.780. The number of likely N-dealkylation sites (tertiary alicyclic amines) is 1. The van der Waals surface area contributed by atoms with E-state index < -0.39 is 0 Å². The lowest BCUT2D eigenvalue weighted by molar-refractivity contribution is 0.0724. The highest BCUT2D eigenvalue weighted by Crippen LogP contribution is 2.26. The molecule has 0 bridgehead atoms. The fourth-order valence-electron chi connectivity index (χ4n) is 4.14. The van der Waals surface area contributed by atoms with Crippen molar-refractivity contribution in [1.82, 2.24) is 19.9 Å². The minimum absolute atomic E-state index is 0.0280. The molecule has 30 heavy (non-hydrogen) atoms. The zero-order valence-electron chi connectivity index (χ0n) is 17.5. The van der Waals surface area contributed by atoms with Crippen LogP contribution < -0.4 is 10.2 Å². The number of nitrogens with zero attached hydrogens (tertiary/aromatic N) is 5. The molecular weight excluding hydrogens is 400 g/mol. The number of piperidine rings is 2. The van der Waals surface area contributed by atoms with Gasteiger partial charge in [0.05, 0.1) is 10.6 Å². The van der Waals surface area contributed by atoms with Crippen molar-refractivity contribution in [2.45, 2.75) is 51.5 Å². The number of carbonyl (C=O) groups is 1. The zero-order chi connectivity index (χ0) is 20.9. The van der Waals surface area contributed by atoms with E-state index in [0.717, 1.165) is 69.8 Å². The number of hydrogen-bond donors (Lipinski definition) is 1. The van der Waals surface area contributed by atoms with Crippen molar-refractivity contribution in [3.8, 4) is 0 Å². The molecule has 0 radical (unpaired) electrons. The lowest BCUT2D eigenvalue weighted by Gasteiger charge is -2.33. The van der Waals surface area contributed by atoms with Crippen molar-refractivity contribution in [3.63, 3.8) is 0 Å². The standard InChI is InChI=1S/C22H29ClN6O/c1-2-17-13-20(26-15-25-17)28-10-6-18(7-11-28)27-21-19(23)12-16(14-24-21)22(30)29-8-4-3-5-9-29/h12-15,18H,2-11H2,1H3,(H,24,27). The number of aromatic nitrogens is 3. The molecule has 2 aromatic rings. The normalized spacial score (nSPS) is 17.8. The van der Waals surface area contributed by atoms with Crippen LogP contribution in [0.5, 0.6) is 0 Å². The third-order valence-electron chi connectivity index (χ3n) is 5.96. The molecule has 2 aromatic heterocycles. The van der Waals surface area contributed by atoms with Crippen LogP contribution in [0.15, 0.2) is 24.7 Å². The minimum atomic E-state index is 0.0280. The topological polar surface area (TPSA) is 74.2 Å². The first-order chi connectivity index (χ1) is 14.6. The summed E-state index contributed by atoms with van der Waals surface area (Å²) < 4.78 is 0. The third kappa shape index (κ3) is 4.83. The second-order valence-electron chi connectivity index (χ2n) is 8.03. The van der Waals surface area contributed by atoms with Gasteiger partial charge in [-0.25, -0.2) is 15.0 Å². The summed E-state index contributed by atoms with van der Waals surface area (Å²) >= 11 is 6.47. The van der Waals surface area contributed by atoms with Gasteiger partial charge >= 0.3 is 0 Å². The van der Waals surface area contributed by atoms with Crippen LogP contribution >= 0.6 is 11.6 Å². The zero-order valence-corrected chi connectivity index (χ0v) is 18.2. The van der Waals surface area contributed by atoms with E-state index in [1.165, 1.54) is 6.42 Å². The lowest BCUT2D eigenvalue weighted by Crippen LogP contribution is -2.39. The van der Waals surface area contributed by atoms with Crippen LogP contribution in [-0.4, -0.2) is 58.0 Å². The molecule has 4 rings (SSSR count). The Balaban J connectivity index is 1.34. The van der Waals surface area contributed by atoms with Crippen molar-refractivity contribution in [1.29, 1.82) is 0 Å². The summed E-state index contributed by atoms with van der Waals surface area (Å²) in [5.74, 6) is 1.68. The largest absolute Gasteiger partial charge is 0.366 e. The Morgan fingerprint density at radius 3 is 2.57 bits per heavy atom. The van der Waals surface area contributed by atoms with E-state index in [-0.39, 0.29) is 5.91 Å². The van der Waals surface area contributed by atoms with Crippen molar-refractivity contribution in [2.75, 3.05) is 36.4 Å². The summed E-state index contributed by atoms with van der Waals surface area (Å²) in [5, 5.41) is 3.97. The van der Waals surface area contributed by atoms with Gasteiger partial charge in [0, 0.05) is 50.2 Å². The number of pyridine rings is 1. The summed E-state index contributed by atoms with van der Waals surface area (Å²) in [4.78, 5) is 30.0. The Bertz CT molecular complexity index is 878. The number of halogens is 1. The van der Waals surface area contributed by atoms with E-state index in [1.807, 2.05) is 4.90 Å². The Labute approximate surface area is 182 Å². The number of hydrogen-bond acceptors (Lipinski definition) is 6. The highest BCUT2D eigenvalue weighted by atomic mass is 35.5. The van der Waals surface area contributed by atoms with Crippen LogP contribution in [0.3, 0.4) is 0 Å². The van der Waals surface area contributed by atoms with E-state index in [4.69, 9.17) is 11.6 Å². The van der Waals surface area contributed by atoms with Gasteiger partial charge in [0.1, 0.15) is 18.0 Å². The number of nitrogens with one attached hydrogen (secondary N) is 1. The fourth-order valence-corrected chi connectivity index (χ4v) is 4.36. The number of rotatable bonds is 5. The SMILES string of the molecule is CCc1cc(N2CCC(Nc3ncc(C(=O)N4CCCCC4)cc3Cl)CC2)ncn1. The molecule has 0 spiro atoms. The van der Waals surface area contributed by atoms with Crippen molar-refractivity contribution < 1.29 is 4.79 Å². The smallest absolute Gasteiger partial charge is 0.255 e. The number of carbonyl (C=O) groups excluding carboxylic acids is 1. The molecule has 4 heterocycles. The van der Waals surface area contributed by atoms with E-state index >= 15 is 0 Å². The van der Waals surface area contributed by atoms with Gasteiger partial charge in [0.15, 0.2) is 0 Å². The van der Waals surface area contributed by atoms with Gasteiger partial charge in [0.25, 0.3) is 5.91 Å². The molecule has 2 fully saturated rings. The average Bonchev–Trinajstić information content (AvgIpc) is 2.81. The monoisotopic (exact) mass is 428 g/mol. The Hall–Kier alpha value is -2.41. The molecule has 2 aliphatic rings. The molecule has 1 N–H and O–H groups in total. The van der Waals surface area contributed by atoms with Crippen molar-refractivity contribution >= 4 is 29.1 Å². The van der Waals surface area contributed by atoms with Gasteiger partial charge in [-0.1, -0.05) is 18.5 Å². The number of aryl methyl sites for hydroxylation is 1. The molecule has 7 nitrogen and oxygen atoms in total. The first kappa shape index (κ1) is 20.8. The Morgan fingerprint density at radius 2 is 1.87 bits per heavy atom. The molecular formula is C22H29ClN6O. The molecule has 0 saturated carbocycles. The molecule has 0 atom stereocenters. The fraction of sp³-hybridized carbons (Fsp3) is 0.545. The summed E-state index contributed by atoms with van der Waals surface area (Å²) in [7, 11) is 0. The lowest BCUT2D eigenvalue weighted by atomic mass is 10.0. The number of anilines is 2. The first-order valence-electron chi connectivity index (χ1n) is 10.9. The Morgan fingerprint density at radius 1 is 1.10 bits per heavy atom. The van der Waals surface area contributed by atoms with Crippen LogP contribution in [0.25, 0.3) is 0 Å². The highest BCUT2D eigenvalue weighted by molar-refractivity contribution is 6.33. The van der Waals surface area contributed by atoms with Gasteiger partial charge < -0.3 is 15.1 Å². The Kier molecular flexibility index (Phi) is 6.67. The summed E-state index contributed by atoms with van der Waals surface area (Å²) in [6, 6.07) is 4.11. The third-order valence-corrected chi connectivity index (χ3v) is 6.25. The maximum absolute atomic E-state index is 12.7. The summed E-state index contributed by atoms with van der Waals surface area (Å²) in [6.45, 7) is 5.58. The second kappa shape index (κ2) is 9.60. The van der Waals surface area contributed by atoms with Gasteiger partial charge in [-0.3, -0.25) is 4.79 Å². The second-order valence-corrected chi connectivity index (χ2v) is 8.44. The van der Waals surface area contributed by atoms with Gasteiger partial charge in [-0.05, 0) is 44.6 Å². The van der Waals surface area contributed by atoms with Crippen LogP contribution in [0.1, 0.15) is 55.1 Å². The molecule has 2 saturated heterocycles. The highest BCUT2D eigenvalue weighted by Gasteiger charge is 2.23. The predicted molar refractivity (Wildman–Crippen MR) is 119 cm³/mol. The molecule has 0 aromatic carbocycles. The van der Waals surface area contributed by atoms with Gasteiger partial charge in [0.2, 0.25) is 0 Å². The van der Waals surface area contributed by atoms with E-state index in [0.29, 0.717) is 22.4 Å². The van der Waals surface area contributed by atoms with E-state index in [1.54, 1.807) is 18.6 Å². The first-order valence-corrected chi connectivity index (χ1v) is 11.3. The summed E-state index contributed by atoms with van der Waals surface area (Å²) in [5.41, 5.74) is 1.63. The number of amides is 1. The van der Waals surface area contributed by atoms with Gasteiger partial charge in [-0.2, -0.15) is 0 Å². The molecule has 0 aliphatic carbocycles. The van der Waals surface area contributed by atoms with Crippen LogP contribution in [0.2, 0.25) is 5.02 Å². The molecule has 1 amide bonds. The van der Waals surface area contributed by atoms with E-state index in [2.05, 4.69) is 38.2 Å². The van der Waals surface area contributed by atoms with Crippen LogP contribution in [-0.2, 0) is 6.42 Å². The average molecular weight is 429 g/mol. The van der Waals surface area contributed by atoms with Crippen LogP contribution in [0.4, 0.5) is 11.6 Å².